The van der Waals surface area contributed by atoms with Crippen LogP contribution in [0.2, 0.25) is 0 Å². The van der Waals surface area contributed by atoms with Crippen LogP contribution >= 0.6 is 0 Å². The van der Waals surface area contributed by atoms with E-state index in [1.54, 1.807) is 29.2 Å². The van der Waals surface area contributed by atoms with E-state index < -0.39 is 11.9 Å². The molecule has 1 saturated heterocycles. The SMILES string of the molecule is CC(N)C1CCCCN1C(=O)c1cccc(-n2ccc(C(F)(F)F)n2)c1. The lowest BCUT2D eigenvalue weighted by Crippen LogP contribution is -2.51. The van der Waals surface area contributed by atoms with Crippen LogP contribution in [0.1, 0.15) is 42.2 Å². The molecule has 1 aliphatic heterocycles. The van der Waals surface area contributed by atoms with Gasteiger partial charge in [0.1, 0.15) is 0 Å². The lowest BCUT2D eigenvalue weighted by Gasteiger charge is -2.38. The summed E-state index contributed by atoms with van der Waals surface area (Å²) in [5.74, 6) is -0.156. The average molecular weight is 366 g/mol. The van der Waals surface area contributed by atoms with Crippen LogP contribution in [-0.2, 0) is 6.18 Å². The highest BCUT2D eigenvalue weighted by atomic mass is 19.4. The molecule has 3 rings (SSSR count). The molecule has 1 fully saturated rings. The number of likely N-dealkylation sites (tertiary alicyclic amines) is 1. The normalized spacial score (nSPS) is 19.4. The van der Waals surface area contributed by atoms with Crippen LogP contribution in [0.25, 0.3) is 5.69 Å². The van der Waals surface area contributed by atoms with Crippen LogP contribution in [0.15, 0.2) is 36.5 Å². The van der Waals surface area contributed by atoms with Gasteiger partial charge in [-0.25, -0.2) is 4.68 Å². The maximum Gasteiger partial charge on any atom is 0.435 e. The monoisotopic (exact) mass is 366 g/mol. The Morgan fingerprint density at radius 1 is 1.31 bits per heavy atom. The number of carbonyl (C=O) groups is 1. The molecule has 2 heterocycles. The molecule has 2 unspecified atom stereocenters. The van der Waals surface area contributed by atoms with Crippen LogP contribution in [0.4, 0.5) is 13.2 Å². The summed E-state index contributed by atoms with van der Waals surface area (Å²) in [6.07, 6.45) is -0.460. The van der Waals surface area contributed by atoms with Gasteiger partial charge in [-0.05, 0) is 50.5 Å². The van der Waals surface area contributed by atoms with Gasteiger partial charge in [-0.1, -0.05) is 6.07 Å². The van der Waals surface area contributed by atoms with Gasteiger partial charge < -0.3 is 10.6 Å². The van der Waals surface area contributed by atoms with Crippen LogP contribution in [0, 0.1) is 0 Å². The van der Waals surface area contributed by atoms with E-state index in [1.807, 2.05) is 6.92 Å². The summed E-state index contributed by atoms with van der Waals surface area (Å²) in [5.41, 5.74) is 5.87. The largest absolute Gasteiger partial charge is 0.435 e. The Balaban J connectivity index is 1.87. The van der Waals surface area contributed by atoms with Gasteiger partial charge in [0.2, 0.25) is 0 Å². The Morgan fingerprint density at radius 2 is 2.08 bits per heavy atom. The number of rotatable bonds is 3. The molecule has 0 bridgehead atoms. The smallest absolute Gasteiger partial charge is 0.334 e. The van der Waals surface area contributed by atoms with Gasteiger partial charge >= 0.3 is 6.18 Å². The van der Waals surface area contributed by atoms with E-state index in [4.69, 9.17) is 5.73 Å². The van der Waals surface area contributed by atoms with Crippen LogP contribution < -0.4 is 5.73 Å². The van der Waals surface area contributed by atoms with Crippen molar-refractivity contribution in [3.8, 4) is 5.69 Å². The zero-order valence-corrected chi connectivity index (χ0v) is 14.4. The Kier molecular flexibility index (Phi) is 5.04. The summed E-state index contributed by atoms with van der Waals surface area (Å²) in [6.45, 7) is 2.52. The third kappa shape index (κ3) is 3.75. The molecule has 26 heavy (non-hydrogen) atoms. The zero-order chi connectivity index (χ0) is 18.9. The van der Waals surface area contributed by atoms with Crippen LogP contribution in [-0.4, -0.2) is 39.2 Å². The topological polar surface area (TPSA) is 64.2 Å². The first-order chi connectivity index (χ1) is 12.3. The number of halogens is 3. The number of alkyl halides is 3. The minimum atomic E-state index is -4.50. The molecule has 1 aliphatic rings. The molecule has 0 aliphatic carbocycles. The van der Waals surface area contributed by atoms with Crippen molar-refractivity contribution < 1.29 is 18.0 Å². The number of carbonyl (C=O) groups excluding carboxylic acids is 1. The van der Waals surface area contributed by atoms with Crippen molar-refractivity contribution in [1.82, 2.24) is 14.7 Å². The summed E-state index contributed by atoms with van der Waals surface area (Å²) < 4.78 is 39.3. The standard InChI is InChI=1S/C18H21F3N4O/c1-12(22)15-7-2-3-9-24(15)17(26)13-5-4-6-14(11-13)25-10-8-16(23-25)18(19,20)21/h4-6,8,10-12,15H,2-3,7,9,22H2,1H3. The van der Waals surface area contributed by atoms with E-state index in [2.05, 4.69) is 5.10 Å². The molecule has 1 aromatic heterocycles. The minimum absolute atomic E-state index is 0.0264. The molecule has 0 saturated carbocycles. The fourth-order valence-corrected chi connectivity index (χ4v) is 3.32. The molecular weight excluding hydrogens is 345 g/mol. The molecule has 0 radical (unpaired) electrons. The Morgan fingerprint density at radius 3 is 2.73 bits per heavy atom. The van der Waals surface area contributed by atoms with Crippen molar-refractivity contribution in [3.05, 3.63) is 47.8 Å². The van der Waals surface area contributed by atoms with Gasteiger partial charge in [-0.2, -0.15) is 18.3 Å². The molecule has 8 heteroatoms. The minimum Gasteiger partial charge on any atom is -0.334 e. The van der Waals surface area contributed by atoms with E-state index in [9.17, 15) is 18.0 Å². The molecule has 140 valence electrons. The number of nitrogens with zero attached hydrogens (tertiary/aromatic N) is 3. The summed E-state index contributed by atoms with van der Waals surface area (Å²) in [5, 5.41) is 3.55. The van der Waals surface area contributed by atoms with Crippen molar-refractivity contribution in [2.75, 3.05) is 6.54 Å². The molecule has 2 atom stereocenters. The predicted octanol–water partition coefficient (Wildman–Crippen LogP) is 3.23. The van der Waals surface area contributed by atoms with E-state index in [0.29, 0.717) is 17.8 Å². The molecule has 1 aromatic carbocycles. The maximum absolute atomic E-state index is 12.9. The molecule has 2 aromatic rings. The number of nitrogens with two attached hydrogens (primary N) is 1. The maximum atomic E-state index is 12.9. The quantitative estimate of drug-likeness (QED) is 0.907. The third-order valence-corrected chi connectivity index (χ3v) is 4.65. The van der Waals surface area contributed by atoms with Crippen molar-refractivity contribution in [3.63, 3.8) is 0 Å². The molecule has 1 amide bonds. The van der Waals surface area contributed by atoms with Crippen LogP contribution in [0.5, 0.6) is 0 Å². The van der Waals surface area contributed by atoms with E-state index >= 15 is 0 Å². The summed E-state index contributed by atoms with van der Waals surface area (Å²) >= 11 is 0. The van der Waals surface area contributed by atoms with Gasteiger partial charge in [0, 0.05) is 30.4 Å². The Bertz CT molecular complexity index is 785. The second-order valence-electron chi connectivity index (χ2n) is 6.61. The fraction of sp³-hybridized carbons (Fsp3) is 0.444. The van der Waals surface area contributed by atoms with Gasteiger partial charge in [-0.15, -0.1) is 0 Å². The first kappa shape index (κ1) is 18.4. The molecule has 2 N–H and O–H groups in total. The van der Waals surface area contributed by atoms with E-state index in [-0.39, 0.29) is 18.0 Å². The van der Waals surface area contributed by atoms with Gasteiger partial charge in [0.05, 0.1) is 5.69 Å². The third-order valence-electron chi connectivity index (χ3n) is 4.65. The van der Waals surface area contributed by atoms with Crippen molar-refractivity contribution in [1.29, 1.82) is 0 Å². The van der Waals surface area contributed by atoms with Crippen LogP contribution in [0.3, 0.4) is 0 Å². The van der Waals surface area contributed by atoms with Crippen molar-refractivity contribution in [2.45, 2.75) is 44.4 Å². The Hall–Kier alpha value is -2.35. The van der Waals surface area contributed by atoms with Crippen molar-refractivity contribution >= 4 is 5.91 Å². The molecular formula is C18H21F3N4O. The second-order valence-corrected chi connectivity index (χ2v) is 6.61. The fourth-order valence-electron chi connectivity index (χ4n) is 3.32. The number of aromatic nitrogens is 2. The van der Waals surface area contributed by atoms with E-state index in [1.165, 1.54) is 6.20 Å². The van der Waals surface area contributed by atoms with E-state index in [0.717, 1.165) is 30.0 Å². The van der Waals surface area contributed by atoms with Gasteiger partial charge in [0.15, 0.2) is 5.69 Å². The summed E-state index contributed by atoms with van der Waals surface area (Å²) in [7, 11) is 0. The highest BCUT2D eigenvalue weighted by Crippen LogP contribution is 2.28. The zero-order valence-electron chi connectivity index (χ0n) is 14.4. The highest BCUT2D eigenvalue weighted by molar-refractivity contribution is 5.95. The van der Waals surface area contributed by atoms with Crippen molar-refractivity contribution in [2.24, 2.45) is 5.73 Å². The first-order valence-corrected chi connectivity index (χ1v) is 8.57. The summed E-state index contributed by atoms with van der Waals surface area (Å²) in [6, 6.07) is 7.22. The summed E-state index contributed by atoms with van der Waals surface area (Å²) in [4.78, 5) is 14.7. The number of hydrogen-bond acceptors (Lipinski definition) is 3. The highest BCUT2D eigenvalue weighted by Gasteiger charge is 2.34. The number of piperidine rings is 1. The Labute approximate surface area is 149 Å². The predicted molar refractivity (Wildman–Crippen MR) is 90.9 cm³/mol. The number of benzene rings is 1. The number of amides is 1. The molecule has 0 spiro atoms. The average Bonchev–Trinajstić information content (AvgIpc) is 3.12. The van der Waals surface area contributed by atoms with Gasteiger partial charge in [0.25, 0.3) is 5.91 Å². The number of hydrogen-bond donors (Lipinski definition) is 1. The first-order valence-electron chi connectivity index (χ1n) is 8.57. The molecule has 5 nitrogen and oxygen atoms in total. The lowest BCUT2D eigenvalue weighted by atomic mass is 9.96. The lowest BCUT2D eigenvalue weighted by molar-refractivity contribution is -0.141. The van der Waals surface area contributed by atoms with Gasteiger partial charge in [-0.3, -0.25) is 4.79 Å². The second kappa shape index (κ2) is 7.11.